The van der Waals surface area contributed by atoms with Crippen molar-refractivity contribution in [1.29, 1.82) is 0 Å². The molecule has 3 aromatic carbocycles. The highest BCUT2D eigenvalue weighted by Crippen LogP contribution is 2.28. The lowest BCUT2D eigenvalue weighted by molar-refractivity contribution is -0.116. The molecule has 0 spiro atoms. The van der Waals surface area contributed by atoms with Crippen LogP contribution < -0.4 is 5.32 Å². The van der Waals surface area contributed by atoms with Crippen LogP contribution >= 0.6 is 0 Å². The van der Waals surface area contributed by atoms with Crippen molar-refractivity contribution < 1.29 is 4.79 Å². The van der Waals surface area contributed by atoms with Crippen molar-refractivity contribution >= 4 is 22.6 Å². The number of amides is 1. The summed E-state index contributed by atoms with van der Waals surface area (Å²) >= 11 is 0. The van der Waals surface area contributed by atoms with E-state index in [2.05, 4.69) is 67.9 Å². The maximum absolute atomic E-state index is 13.1. The van der Waals surface area contributed by atoms with E-state index in [0.717, 1.165) is 40.1 Å². The summed E-state index contributed by atoms with van der Waals surface area (Å²) in [5.74, 6) is 1.56. The quantitative estimate of drug-likeness (QED) is 0.351. The molecule has 0 aliphatic heterocycles. The lowest BCUT2D eigenvalue weighted by atomic mass is 9.96. The highest BCUT2D eigenvalue weighted by Gasteiger charge is 2.20. The molecule has 0 aliphatic carbocycles. The summed E-state index contributed by atoms with van der Waals surface area (Å²) in [5.41, 5.74) is 7.56. The minimum atomic E-state index is -0.0485. The molecule has 1 N–H and O–H groups in total. The highest BCUT2D eigenvalue weighted by molar-refractivity contribution is 5.92. The second kappa shape index (κ2) is 9.62. The molecule has 0 fully saturated rings. The van der Waals surface area contributed by atoms with Crippen LogP contribution in [-0.2, 0) is 17.8 Å². The van der Waals surface area contributed by atoms with Crippen LogP contribution in [0.15, 0.2) is 66.7 Å². The van der Waals surface area contributed by atoms with Gasteiger partial charge in [0, 0.05) is 11.6 Å². The lowest BCUT2D eigenvalue weighted by Gasteiger charge is -2.17. The van der Waals surface area contributed by atoms with Crippen LogP contribution in [-0.4, -0.2) is 15.5 Å². The molecular weight excluding hydrogens is 406 g/mol. The van der Waals surface area contributed by atoms with Crippen molar-refractivity contribution in [2.75, 3.05) is 5.32 Å². The number of benzene rings is 3. The molecule has 0 bridgehead atoms. The summed E-state index contributed by atoms with van der Waals surface area (Å²) < 4.78 is 2.06. The van der Waals surface area contributed by atoms with E-state index in [4.69, 9.17) is 4.98 Å². The first-order chi connectivity index (χ1) is 15.8. The average molecular weight is 440 g/mol. The summed E-state index contributed by atoms with van der Waals surface area (Å²) in [4.78, 5) is 18.0. The number of anilines is 1. The molecule has 0 saturated carbocycles. The van der Waals surface area contributed by atoms with Crippen molar-refractivity contribution in [3.63, 3.8) is 0 Å². The number of aryl methyl sites for hydroxylation is 1. The van der Waals surface area contributed by atoms with E-state index < -0.39 is 0 Å². The van der Waals surface area contributed by atoms with Gasteiger partial charge in [0.2, 0.25) is 5.91 Å². The fourth-order valence-electron chi connectivity index (χ4n) is 4.37. The first-order valence-electron chi connectivity index (χ1n) is 11.7. The van der Waals surface area contributed by atoms with Crippen LogP contribution in [0.2, 0.25) is 0 Å². The molecule has 1 heterocycles. The van der Waals surface area contributed by atoms with Crippen molar-refractivity contribution in [2.24, 2.45) is 5.92 Å². The zero-order valence-corrected chi connectivity index (χ0v) is 20.2. The van der Waals surface area contributed by atoms with Crippen molar-refractivity contribution in [1.82, 2.24) is 9.55 Å². The number of imidazole rings is 1. The van der Waals surface area contributed by atoms with Gasteiger partial charge >= 0.3 is 0 Å². The Bertz CT molecular complexity index is 1270. The minimum absolute atomic E-state index is 0.0485. The third kappa shape index (κ3) is 5.00. The Labute approximate surface area is 196 Å². The molecule has 1 atom stereocenters. The van der Waals surface area contributed by atoms with Crippen molar-refractivity contribution in [2.45, 2.75) is 53.5 Å². The van der Waals surface area contributed by atoms with Gasteiger partial charge in [-0.1, -0.05) is 69.3 Å². The summed E-state index contributed by atoms with van der Waals surface area (Å²) in [6.45, 7) is 11.0. The number of hydrogen-bond donors (Lipinski definition) is 1. The number of hydrogen-bond acceptors (Lipinski definition) is 2. The number of carbonyl (C=O) groups excluding carboxylic acids is 1. The maximum atomic E-state index is 13.1. The Hall–Kier alpha value is -3.40. The van der Waals surface area contributed by atoms with Gasteiger partial charge in [-0.3, -0.25) is 4.79 Å². The van der Waals surface area contributed by atoms with E-state index in [9.17, 15) is 4.79 Å². The number of para-hydroxylation sites is 2. The number of aromatic nitrogens is 2. The second-order valence-electron chi connectivity index (χ2n) is 9.40. The van der Waals surface area contributed by atoms with Crippen LogP contribution in [0.4, 0.5) is 5.69 Å². The Morgan fingerprint density at radius 2 is 1.67 bits per heavy atom. The largest absolute Gasteiger partial charge is 0.324 e. The topological polar surface area (TPSA) is 46.9 Å². The number of nitrogens with one attached hydrogen (secondary N) is 1. The van der Waals surface area contributed by atoms with E-state index >= 15 is 0 Å². The van der Waals surface area contributed by atoms with Gasteiger partial charge in [-0.25, -0.2) is 4.98 Å². The number of fused-ring (bicyclic) bond motifs is 1. The molecule has 0 aliphatic rings. The molecule has 1 unspecified atom stereocenters. The number of nitrogens with zero attached hydrogens (tertiary/aromatic N) is 2. The smallest absolute Gasteiger partial charge is 0.244 e. The van der Waals surface area contributed by atoms with Crippen molar-refractivity contribution in [3.05, 3.63) is 94.8 Å². The van der Waals surface area contributed by atoms with Gasteiger partial charge in [0.25, 0.3) is 0 Å². The SMILES string of the molecule is Cc1cccc(NC(=O)Cn2c(C(C)c3ccc(CC(C)C)cc3)nc3ccccc32)c1C. The molecule has 4 rings (SSSR count). The van der Waals surface area contributed by atoms with Crippen LogP contribution in [0.1, 0.15) is 54.8 Å². The molecular formula is C29H33N3O. The molecule has 170 valence electrons. The molecule has 4 heteroatoms. The molecule has 1 amide bonds. The van der Waals surface area contributed by atoms with Gasteiger partial charge in [0.1, 0.15) is 12.4 Å². The predicted octanol–water partition coefficient (Wildman–Crippen LogP) is 6.64. The fourth-order valence-corrected chi connectivity index (χ4v) is 4.37. The first kappa shape index (κ1) is 22.8. The zero-order valence-electron chi connectivity index (χ0n) is 20.2. The monoisotopic (exact) mass is 439 g/mol. The maximum Gasteiger partial charge on any atom is 0.244 e. The highest BCUT2D eigenvalue weighted by atomic mass is 16.1. The average Bonchev–Trinajstić information content (AvgIpc) is 3.15. The van der Waals surface area contributed by atoms with Gasteiger partial charge < -0.3 is 9.88 Å². The molecule has 4 nitrogen and oxygen atoms in total. The van der Waals surface area contributed by atoms with Gasteiger partial charge in [0.15, 0.2) is 0 Å². The Balaban J connectivity index is 1.64. The van der Waals surface area contributed by atoms with Crippen LogP contribution in [0.5, 0.6) is 0 Å². The number of carbonyl (C=O) groups is 1. The predicted molar refractivity (Wildman–Crippen MR) is 137 cm³/mol. The van der Waals surface area contributed by atoms with E-state index in [1.807, 2.05) is 43.3 Å². The van der Waals surface area contributed by atoms with Gasteiger partial charge in [-0.2, -0.15) is 0 Å². The summed E-state index contributed by atoms with van der Waals surface area (Å²) in [6, 6.07) is 22.8. The summed E-state index contributed by atoms with van der Waals surface area (Å²) in [7, 11) is 0. The lowest BCUT2D eigenvalue weighted by Crippen LogP contribution is -2.21. The fraction of sp³-hybridized carbons (Fsp3) is 0.310. The van der Waals surface area contributed by atoms with Crippen LogP contribution in [0, 0.1) is 19.8 Å². The number of rotatable bonds is 7. The normalized spacial score (nSPS) is 12.3. The van der Waals surface area contributed by atoms with Crippen molar-refractivity contribution in [3.8, 4) is 0 Å². The third-order valence-corrected chi connectivity index (χ3v) is 6.38. The standard InChI is InChI=1S/C29H33N3O/c1-19(2)17-23-13-15-24(16-14-23)22(5)29-31-26-10-6-7-12-27(26)32(29)18-28(33)30-25-11-8-9-20(3)21(25)4/h6-16,19,22H,17-18H2,1-5H3,(H,30,33). The van der Waals surface area contributed by atoms with E-state index in [-0.39, 0.29) is 18.4 Å². The second-order valence-corrected chi connectivity index (χ2v) is 9.40. The third-order valence-electron chi connectivity index (χ3n) is 6.38. The molecule has 1 aromatic heterocycles. The summed E-state index contributed by atoms with van der Waals surface area (Å²) in [6.07, 6.45) is 1.08. The zero-order chi connectivity index (χ0) is 23.5. The Morgan fingerprint density at radius 3 is 2.39 bits per heavy atom. The molecule has 33 heavy (non-hydrogen) atoms. The molecule has 0 radical (unpaired) electrons. The molecule has 4 aromatic rings. The summed E-state index contributed by atoms with van der Waals surface area (Å²) in [5, 5.41) is 3.10. The van der Waals surface area contributed by atoms with E-state index in [1.54, 1.807) is 0 Å². The first-order valence-corrected chi connectivity index (χ1v) is 11.7. The van der Waals surface area contributed by atoms with Crippen LogP contribution in [0.25, 0.3) is 11.0 Å². The van der Waals surface area contributed by atoms with E-state index in [1.165, 1.54) is 11.1 Å². The Kier molecular flexibility index (Phi) is 6.64. The van der Waals surface area contributed by atoms with Gasteiger partial charge in [-0.15, -0.1) is 0 Å². The van der Waals surface area contributed by atoms with E-state index in [0.29, 0.717) is 5.92 Å². The Morgan fingerprint density at radius 1 is 0.939 bits per heavy atom. The minimum Gasteiger partial charge on any atom is -0.324 e. The molecule has 0 saturated heterocycles. The van der Waals surface area contributed by atoms with Gasteiger partial charge in [-0.05, 0) is 66.6 Å². The van der Waals surface area contributed by atoms with Gasteiger partial charge in [0.05, 0.1) is 11.0 Å². The van der Waals surface area contributed by atoms with Crippen LogP contribution in [0.3, 0.4) is 0 Å².